The van der Waals surface area contributed by atoms with E-state index in [-0.39, 0.29) is 23.4 Å². The Morgan fingerprint density at radius 1 is 0.907 bits per heavy atom. The quantitative estimate of drug-likeness (QED) is 0.257. The molecule has 1 aliphatic carbocycles. The summed E-state index contributed by atoms with van der Waals surface area (Å²) >= 11 is 6.06. The summed E-state index contributed by atoms with van der Waals surface area (Å²) in [5, 5.41) is 3.60. The Labute approximate surface area is 261 Å². The molecule has 3 aromatic rings. The van der Waals surface area contributed by atoms with E-state index < -0.39 is 28.5 Å². The summed E-state index contributed by atoms with van der Waals surface area (Å²) in [4.78, 5) is 29.6. The van der Waals surface area contributed by atoms with Crippen molar-refractivity contribution in [1.29, 1.82) is 0 Å². The first kappa shape index (κ1) is 32.6. The zero-order valence-electron chi connectivity index (χ0n) is 25.5. The second kappa shape index (κ2) is 14.4. The predicted molar refractivity (Wildman–Crippen MR) is 173 cm³/mol. The van der Waals surface area contributed by atoms with Crippen molar-refractivity contribution in [3.05, 3.63) is 94.0 Å². The summed E-state index contributed by atoms with van der Waals surface area (Å²) in [6.45, 7) is 7.42. The number of amides is 2. The maximum atomic E-state index is 14.3. The van der Waals surface area contributed by atoms with Crippen LogP contribution in [0, 0.1) is 20.8 Å². The molecule has 1 N–H and O–H groups in total. The van der Waals surface area contributed by atoms with Gasteiger partial charge in [0.1, 0.15) is 12.6 Å². The lowest BCUT2D eigenvalue weighted by Crippen LogP contribution is -2.54. The van der Waals surface area contributed by atoms with Crippen LogP contribution in [0.5, 0.6) is 0 Å². The number of carbonyl (C=O) groups excluding carboxylic acids is 2. The van der Waals surface area contributed by atoms with E-state index in [4.69, 9.17) is 11.6 Å². The molecule has 0 radical (unpaired) electrons. The molecule has 0 spiro atoms. The standard InChI is InChI=1S/C34H42ClN3O4S/c1-5-32(34(40)36-29-13-7-6-8-14-29)37(22-27-12-10-9-11-25(27)3)33(39)23-38(30-18-15-24(2)26(4)21-30)43(41,42)31-19-16-28(35)17-20-31/h9-12,15-21,29,32H,5-8,13-14,22-23H2,1-4H3,(H,36,40)/t32-/m1/s1. The number of sulfonamides is 1. The summed E-state index contributed by atoms with van der Waals surface area (Å²) < 4.78 is 29.3. The van der Waals surface area contributed by atoms with Crippen molar-refractivity contribution in [2.45, 2.75) is 89.7 Å². The van der Waals surface area contributed by atoms with E-state index in [1.807, 2.05) is 58.0 Å². The summed E-state index contributed by atoms with van der Waals surface area (Å²) in [5.74, 6) is -0.653. The Hall–Kier alpha value is -3.36. The third kappa shape index (κ3) is 7.98. The highest BCUT2D eigenvalue weighted by molar-refractivity contribution is 7.92. The van der Waals surface area contributed by atoms with Crippen LogP contribution in [0.3, 0.4) is 0 Å². The van der Waals surface area contributed by atoms with Gasteiger partial charge in [-0.25, -0.2) is 8.42 Å². The SMILES string of the molecule is CC[C@H](C(=O)NC1CCCCC1)N(Cc1ccccc1C)C(=O)CN(c1ccc(C)c(C)c1)S(=O)(=O)c1ccc(Cl)cc1. The molecule has 4 rings (SSSR count). The molecule has 0 heterocycles. The van der Waals surface area contributed by atoms with Gasteiger partial charge in [-0.05, 0) is 98.7 Å². The third-order valence-electron chi connectivity index (χ3n) is 8.40. The number of rotatable bonds is 11. The van der Waals surface area contributed by atoms with Crippen molar-refractivity contribution >= 4 is 39.1 Å². The zero-order valence-corrected chi connectivity index (χ0v) is 27.0. The van der Waals surface area contributed by atoms with Gasteiger partial charge in [-0.15, -0.1) is 0 Å². The van der Waals surface area contributed by atoms with Gasteiger partial charge < -0.3 is 10.2 Å². The Bertz CT molecular complexity index is 1540. The van der Waals surface area contributed by atoms with E-state index in [9.17, 15) is 18.0 Å². The number of benzene rings is 3. The fourth-order valence-corrected chi connectivity index (χ4v) is 7.11. The average Bonchev–Trinajstić information content (AvgIpc) is 2.98. The van der Waals surface area contributed by atoms with Gasteiger partial charge in [0.15, 0.2) is 0 Å². The van der Waals surface area contributed by atoms with Crippen LogP contribution in [0.25, 0.3) is 0 Å². The Morgan fingerprint density at radius 2 is 1.58 bits per heavy atom. The first-order chi connectivity index (χ1) is 20.5. The average molecular weight is 624 g/mol. The molecule has 0 unspecified atom stereocenters. The van der Waals surface area contributed by atoms with Crippen LogP contribution in [-0.2, 0) is 26.2 Å². The van der Waals surface area contributed by atoms with Crippen molar-refractivity contribution in [3.63, 3.8) is 0 Å². The van der Waals surface area contributed by atoms with Crippen molar-refractivity contribution < 1.29 is 18.0 Å². The van der Waals surface area contributed by atoms with Crippen LogP contribution >= 0.6 is 11.6 Å². The number of carbonyl (C=O) groups is 2. The van der Waals surface area contributed by atoms with Crippen LogP contribution in [0.2, 0.25) is 5.02 Å². The molecule has 2 amide bonds. The zero-order chi connectivity index (χ0) is 31.1. The van der Waals surface area contributed by atoms with Crippen molar-refractivity contribution in [2.75, 3.05) is 10.8 Å². The van der Waals surface area contributed by atoms with Gasteiger partial charge in [-0.1, -0.05) is 68.1 Å². The summed E-state index contributed by atoms with van der Waals surface area (Å²) in [6, 6.07) is 18.3. The van der Waals surface area contributed by atoms with Crippen LogP contribution < -0.4 is 9.62 Å². The first-order valence-corrected chi connectivity index (χ1v) is 16.8. The predicted octanol–water partition coefficient (Wildman–Crippen LogP) is 6.72. The number of halogens is 1. The molecule has 9 heteroatoms. The van der Waals surface area contributed by atoms with Crippen LogP contribution in [-0.4, -0.2) is 43.8 Å². The summed E-state index contributed by atoms with van der Waals surface area (Å²) in [7, 11) is -4.16. The van der Waals surface area contributed by atoms with Gasteiger partial charge in [-0.2, -0.15) is 0 Å². The maximum absolute atomic E-state index is 14.3. The molecule has 1 saturated carbocycles. The molecule has 0 saturated heterocycles. The molecule has 7 nitrogen and oxygen atoms in total. The maximum Gasteiger partial charge on any atom is 0.264 e. The summed E-state index contributed by atoms with van der Waals surface area (Å²) in [5.41, 5.74) is 4.17. The highest BCUT2D eigenvalue weighted by Gasteiger charge is 2.34. The molecule has 1 atom stereocenters. The van der Waals surface area contributed by atoms with E-state index >= 15 is 0 Å². The van der Waals surface area contributed by atoms with Crippen molar-refractivity contribution in [3.8, 4) is 0 Å². The lowest BCUT2D eigenvalue weighted by molar-refractivity contribution is -0.140. The largest absolute Gasteiger partial charge is 0.352 e. The van der Waals surface area contributed by atoms with E-state index in [1.165, 1.54) is 24.3 Å². The fraction of sp³-hybridized carbons (Fsp3) is 0.412. The number of hydrogen-bond acceptors (Lipinski definition) is 4. The monoisotopic (exact) mass is 623 g/mol. The topological polar surface area (TPSA) is 86.8 Å². The highest BCUT2D eigenvalue weighted by atomic mass is 35.5. The van der Waals surface area contributed by atoms with Crippen LogP contribution in [0.15, 0.2) is 71.6 Å². The highest BCUT2D eigenvalue weighted by Crippen LogP contribution is 2.28. The molecule has 1 aliphatic rings. The number of hydrogen-bond donors (Lipinski definition) is 1. The van der Waals surface area contributed by atoms with Crippen molar-refractivity contribution in [2.24, 2.45) is 0 Å². The van der Waals surface area contributed by atoms with Gasteiger partial charge >= 0.3 is 0 Å². The van der Waals surface area contributed by atoms with Gasteiger partial charge in [0.25, 0.3) is 10.0 Å². The number of nitrogens with one attached hydrogen (secondary N) is 1. The molecule has 1 fully saturated rings. The molecule has 0 aliphatic heterocycles. The smallest absolute Gasteiger partial charge is 0.264 e. The second-order valence-electron chi connectivity index (χ2n) is 11.4. The third-order valence-corrected chi connectivity index (χ3v) is 10.4. The minimum atomic E-state index is -4.16. The van der Waals surface area contributed by atoms with E-state index in [1.54, 1.807) is 17.0 Å². The number of aryl methyl sites for hydroxylation is 3. The lowest BCUT2D eigenvalue weighted by Gasteiger charge is -2.35. The first-order valence-electron chi connectivity index (χ1n) is 15.0. The molecular formula is C34H42ClN3O4S. The van der Waals surface area contributed by atoms with E-state index in [0.717, 1.165) is 58.7 Å². The van der Waals surface area contributed by atoms with Gasteiger partial charge in [0.05, 0.1) is 10.6 Å². The molecule has 43 heavy (non-hydrogen) atoms. The minimum absolute atomic E-state index is 0.0236. The molecule has 0 bridgehead atoms. The molecule has 3 aromatic carbocycles. The molecule has 230 valence electrons. The molecule has 0 aromatic heterocycles. The second-order valence-corrected chi connectivity index (χ2v) is 13.7. The minimum Gasteiger partial charge on any atom is -0.352 e. The Morgan fingerprint density at radius 3 is 2.21 bits per heavy atom. The molecular weight excluding hydrogens is 582 g/mol. The van der Waals surface area contributed by atoms with Gasteiger partial charge in [-0.3, -0.25) is 13.9 Å². The Balaban J connectivity index is 1.73. The van der Waals surface area contributed by atoms with Crippen molar-refractivity contribution in [1.82, 2.24) is 10.2 Å². The normalized spacial score (nSPS) is 14.6. The Kier molecular flexibility index (Phi) is 10.9. The number of anilines is 1. The van der Waals surface area contributed by atoms with Crippen LogP contribution in [0.4, 0.5) is 5.69 Å². The van der Waals surface area contributed by atoms with Gasteiger partial charge in [0, 0.05) is 17.6 Å². The van der Waals surface area contributed by atoms with Crippen LogP contribution in [0.1, 0.15) is 67.7 Å². The fourth-order valence-electron chi connectivity index (χ4n) is 5.58. The number of nitrogens with zero attached hydrogens (tertiary/aromatic N) is 2. The lowest BCUT2D eigenvalue weighted by atomic mass is 9.95. The summed E-state index contributed by atoms with van der Waals surface area (Å²) in [6.07, 6.45) is 5.55. The van der Waals surface area contributed by atoms with Gasteiger partial charge in [0.2, 0.25) is 11.8 Å². The van der Waals surface area contributed by atoms with E-state index in [0.29, 0.717) is 17.1 Å². The van der Waals surface area contributed by atoms with E-state index in [2.05, 4.69) is 5.32 Å².